The molecule has 0 spiro atoms. The van der Waals surface area contributed by atoms with Gasteiger partial charge in [-0.15, -0.1) is 0 Å². The molecule has 0 atom stereocenters. The van der Waals surface area contributed by atoms with Crippen molar-refractivity contribution in [3.8, 4) is 159 Å². The van der Waals surface area contributed by atoms with Crippen molar-refractivity contribution < 1.29 is 91.9 Å². The molecule has 12 aromatic carbocycles. The molecule has 1 aliphatic carbocycles. The van der Waals surface area contributed by atoms with Gasteiger partial charge in [-0.3, -0.25) is 0 Å². The summed E-state index contributed by atoms with van der Waals surface area (Å²) in [6.07, 6.45) is 0. The van der Waals surface area contributed by atoms with Gasteiger partial charge in [0.25, 0.3) is 0 Å². The summed E-state index contributed by atoms with van der Waals surface area (Å²) in [6, 6.07) is 25.2. The van der Waals surface area contributed by atoms with Crippen LogP contribution in [0.2, 0.25) is 0 Å². The van der Waals surface area contributed by atoms with Crippen molar-refractivity contribution in [3.63, 3.8) is 0 Å². The smallest absolute Gasteiger partial charge is 0.201 e. The Balaban J connectivity index is 0.865. The quantitative estimate of drug-likeness (QED) is 0.0575. The van der Waals surface area contributed by atoms with Crippen LogP contribution in [0.5, 0.6) is 103 Å². The molecule has 0 radical (unpaired) electrons. The van der Waals surface area contributed by atoms with E-state index in [1.807, 2.05) is 36.4 Å². The maximum absolute atomic E-state index is 11.5. The van der Waals surface area contributed by atoms with Crippen molar-refractivity contribution in [2.45, 2.75) is 19.3 Å². The van der Waals surface area contributed by atoms with Gasteiger partial charge in [0.15, 0.2) is 92.0 Å². The SMILES string of the molecule is CC1(C)c2cc(-c3ccc(-c4c(O)c(O)c5c(O)c(O)c6c(O)c(O)c(O)c7c(O)c(O)c4c5c67)cc3)ccc2-c2ccc(-c3ccc(-c4c(O)c(O)c5c(O)c(O)c6c(O)c(O)c(O)c7c(O)c(O)c4c5c67)cc3)cc21. The third-order valence-corrected chi connectivity index (χ3v) is 15.7. The van der Waals surface area contributed by atoms with E-state index in [0.717, 1.165) is 33.4 Å². The van der Waals surface area contributed by atoms with E-state index < -0.39 is 141 Å². The summed E-state index contributed by atoms with van der Waals surface area (Å²) in [5.74, 6) is -18.2. The summed E-state index contributed by atoms with van der Waals surface area (Å²) in [5, 5.41) is 194. The predicted octanol–water partition coefficient (Wildman–Crippen LogP) is 11.2. The first-order valence-corrected chi connectivity index (χ1v) is 23.4. The minimum atomic E-state index is -1.17. The van der Waals surface area contributed by atoms with Crippen LogP contribution in [0.1, 0.15) is 25.0 Å². The van der Waals surface area contributed by atoms with Crippen LogP contribution in [0.4, 0.5) is 0 Å². The number of rotatable bonds is 4. The standard InChI is InChI=1S/C59H38O18/c1-59(2)25-15-21(17-3-7-19(8-4-17)27-33-29-31-37(47(66)43(33)62)53(72)57(76)55(74)39(31)51(70)49(68)35(29)45(64)41(27)60)11-13-23(25)24-14-12-22(16-26(24)59)18-5-9-20(10-6-18)28-34-30-32-38(48(67)44(34)63)54(73)58(77)56(75)40(32)52(71)50(69)36(30)46(65)42(28)61/h3-16,60-77H,1-2H3. The monoisotopic (exact) mass is 1030 g/mol. The minimum Gasteiger partial charge on any atom is -0.504 e. The molecular weight excluding hydrogens is 997 g/mol. The molecule has 12 aromatic rings. The largest absolute Gasteiger partial charge is 0.504 e. The lowest BCUT2D eigenvalue weighted by molar-refractivity contribution is 0.368. The molecule has 18 nitrogen and oxygen atoms in total. The van der Waals surface area contributed by atoms with Crippen molar-refractivity contribution in [1.82, 2.24) is 0 Å². The van der Waals surface area contributed by atoms with E-state index in [0.29, 0.717) is 11.1 Å². The van der Waals surface area contributed by atoms with Gasteiger partial charge in [-0.2, -0.15) is 0 Å². The van der Waals surface area contributed by atoms with Crippen molar-refractivity contribution in [3.05, 3.63) is 96.1 Å². The topological polar surface area (TPSA) is 364 Å². The van der Waals surface area contributed by atoms with Crippen LogP contribution in [-0.2, 0) is 5.41 Å². The van der Waals surface area contributed by atoms with Crippen LogP contribution in [-0.4, -0.2) is 91.9 Å². The Labute approximate surface area is 429 Å². The molecule has 13 rings (SSSR count). The molecule has 18 heteroatoms. The Hall–Kier alpha value is -10.9. The molecule has 0 unspecified atom stereocenters. The Morgan fingerprint density at radius 2 is 0.416 bits per heavy atom. The van der Waals surface area contributed by atoms with Crippen LogP contribution in [0.3, 0.4) is 0 Å². The van der Waals surface area contributed by atoms with E-state index in [9.17, 15) is 91.9 Å². The second kappa shape index (κ2) is 14.7. The molecule has 0 aromatic heterocycles. The van der Waals surface area contributed by atoms with Crippen LogP contribution in [0, 0.1) is 0 Å². The van der Waals surface area contributed by atoms with Crippen molar-refractivity contribution in [2.24, 2.45) is 0 Å². The molecule has 0 bridgehead atoms. The molecule has 0 heterocycles. The van der Waals surface area contributed by atoms with E-state index in [4.69, 9.17) is 0 Å². The molecule has 382 valence electrons. The zero-order chi connectivity index (χ0) is 54.6. The predicted molar refractivity (Wildman–Crippen MR) is 283 cm³/mol. The minimum absolute atomic E-state index is 0.206. The van der Waals surface area contributed by atoms with Gasteiger partial charge >= 0.3 is 0 Å². The average Bonchev–Trinajstić information content (AvgIpc) is 3.88. The summed E-state index contributed by atoms with van der Waals surface area (Å²) in [6.45, 7) is 4.15. The zero-order valence-corrected chi connectivity index (χ0v) is 39.6. The first-order chi connectivity index (χ1) is 36.5. The molecule has 0 saturated carbocycles. The lowest BCUT2D eigenvalue weighted by Gasteiger charge is -2.23. The Bertz CT molecular complexity index is 4370. The van der Waals surface area contributed by atoms with Gasteiger partial charge in [0.2, 0.25) is 11.5 Å². The van der Waals surface area contributed by atoms with Crippen LogP contribution in [0.25, 0.3) is 120 Å². The van der Waals surface area contributed by atoms with Crippen molar-refractivity contribution >= 4 is 64.6 Å². The zero-order valence-electron chi connectivity index (χ0n) is 39.6. The van der Waals surface area contributed by atoms with E-state index in [2.05, 4.69) is 13.8 Å². The number of fused-ring (bicyclic) bond motifs is 3. The summed E-state index contributed by atoms with van der Waals surface area (Å²) in [4.78, 5) is 0. The summed E-state index contributed by atoms with van der Waals surface area (Å²) < 4.78 is 0. The highest BCUT2D eigenvalue weighted by Gasteiger charge is 2.38. The van der Waals surface area contributed by atoms with Crippen LogP contribution < -0.4 is 0 Å². The fourth-order valence-electron chi connectivity index (χ4n) is 12.0. The highest BCUT2D eigenvalue weighted by Crippen LogP contribution is 2.66. The number of hydrogen-bond donors (Lipinski definition) is 18. The third kappa shape index (κ3) is 5.40. The van der Waals surface area contributed by atoms with Crippen molar-refractivity contribution in [1.29, 1.82) is 0 Å². The molecule has 18 N–H and O–H groups in total. The molecule has 1 aliphatic rings. The van der Waals surface area contributed by atoms with E-state index in [1.54, 1.807) is 48.5 Å². The first kappa shape index (κ1) is 45.9. The second-order valence-electron chi connectivity index (χ2n) is 19.8. The number of phenols is 18. The third-order valence-electron chi connectivity index (χ3n) is 15.7. The maximum Gasteiger partial charge on any atom is 0.201 e. The molecular formula is C59H38O18. The molecule has 0 fully saturated rings. The van der Waals surface area contributed by atoms with Gasteiger partial charge in [0, 0.05) is 48.9 Å². The van der Waals surface area contributed by atoms with E-state index in [1.165, 1.54) is 0 Å². The van der Waals surface area contributed by atoms with Crippen LogP contribution in [0.15, 0.2) is 84.9 Å². The molecule has 0 amide bonds. The molecule has 0 aliphatic heterocycles. The van der Waals surface area contributed by atoms with E-state index >= 15 is 0 Å². The lowest BCUT2D eigenvalue weighted by atomic mass is 9.80. The number of phenolic OH excluding ortho intramolecular Hbond substituents is 18. The van der Waals surface area contributed by atoms with Gasteiger partial charge in [-0.1, -0.05) is 86.6 Å². The first-order valence-electron chi connectivity index (χ1n) is 23.4. The van der Waals surface area contributed by atoms with Gasteiger partial charge in [0.05, 0.1) is 32.3 Å². The lowest BCUT2D eigenvalue weighted by Crippen LogP contribution is -2.15. The summed E-state index contributed by atoms with van der Waals surface area (Å²) in [7, 11) is 0. The van der Waals surface area contributed by atoms with Gasteiger partial charge in [0.1, 0.15) is 0 Å². The number of hydrogen-bond acceptors (Lipinski definition) is 18. The van der Waals surface area contributed by atoms with Crippen LogP contribution >= 0.6 is 0 Å². The van der Waals surface area contributed by atoms with Gasteiger partial charge in [-0.05, 0) is 67.8 Å². The summed E-state index contributed by atoms with van der Waals surface area (Å²) in [5.41, 5.74) is 6.34. The maximum atomic E-state index is 11.5. The van der Waals surface area contributed by atoms with Gasteiger partial charge in [-0.25, -0.2) is 0 Å². The normalized spacial score (nSPS) is 13.1. The number of benzene rings is 12. The highest BCUT2D eigenvalue weighted by atomic mass is 16.4. The van der Waals surface area contributed by atoms with Crippen molar-refractivity contribution in [2.75, 3.05) is 0 Å². The average molecular weight is 1030 g/mol. The second-order valence-corrected chi connectivity index (χ2v) is 19.8. The Kier molecular flexibility index (Phi) is 8.75. The van der Waals surface area contributed by atoms with E-state index in [-0.39, 0.29) is 54.6 Å². The molecule has 77 heavy (non-hydrogen) atoms. The Morgan fingerprint density at radius 1 is 0.208 bits per heavy atom. The summed E-state index contributed by atoms with van der Waals surface area (Å²) >= 11 is 0. The highest BCUT2D eigenvalue weighted by molar-refractivity contribution is 6.37. The number of aromatic hydroxyl groups is 18. The fourth-order valence-corrected chi connectivity index (χ4v) is 12.0. The van der Waals surface area contributed by atoms with Gasteiger partial charge < -0.3 is 91.9 Å². The fraction of sp³-hybridized carbons (Fsp3) is 0.0508. The Morgan fingerprint density at radius 3 is 0.701 bits per heavy atom. The molecule has 0 saturated heterocycles.